The van der Waals surface area contributed by atoms with E-state index in [-0.39, 0.29) is 42.6 Å². The molecule has 0 radical (unpaired) electrons. The summed E-state index contributed by atoms with van der Waals surface area (Å²) in [6.45, 7) is 1.70. The number of hydrogen-bond acceptors (Lipinski definition) is 8. The number of carbonyl (C=O) groups excluding carboxylic acids is 1. The van der Waals surface area contributed by atoms with Crippen molar-refractivity contribution >= 4 is 16.0 Å². The van der Waals surface area contributed by atoms with Crippen molar-refractivity contribution in [3.63, 3.8) is 0 Å². The van der Waals surface area contributed by atoms with Gasteiger partial charge in [0.1, 0.15) is 26.4 Å². The Morgan fingerprint density at radius 2 is 1.64 bits per heavy atom. The predicted octanol–water partition coefficient (Wildman–Crippen LogP) is 2.24. The largest absolute Gasteiger partial charge is 0.486 e. The molecule has 1 saturated heterocycles. The lowest BCUT2D eigenvalue weighted by Crippen LogP contribution is -2.41. The van der Waals surface area contributed by atoms with E-state index in [0.29, 0.717) is 55.7 Å². The Morgan fingerprint density at radius 1 is 0.939 bits per heavy atom. The molecule has 5 rings (SSSR count). The second kappa shape index (κ2) is 9.11. The van der Waals surface area contributed by atoms with Crippen molar-refractivity contribution in [3.8, 4) is 23.0 Å². The number of esters is 1. The molecule has 0 aliphatic carbocycles. The summed E-state index contributed by atoms with van der Waals surface area (Å²) >= 11 is 0. The number of ether oxygens (including phenoxy) is 5. The van der Waals surface area contributed by atoms with Crippen LogP contribution in [0.3, 0.4) is 0 Å². The van der Waals surface area contributed by atoms with Crippen LogP contribution in [0.2, 0.25) is 0 Å². The molecule has 0 N–H and O–H groups in total. The lowest BCUT2D eigenvalue weighted by molar-refractivity contribution is -0.153. The van der Waals surface area contributed by atoms with E-state index in [1.54, 1.807) is 12.1 Å². The number of piperidine rings is 1. The van der Waals surface area contributed by atoms with Crippen molar-refractivity contribution in [1.82, 2.24) is 4.31 Å². The standard InChI is InChI=1S/C23H25NO8S/c25-23(31-15-17-14-30-19-3-1-2-4-21(19)32-17)16-7-9-24(10-8-16)33(26,27)18-5-6-20-22(13-18)29-12-11-28-20/h1-6,13,16-17H,7-12,14-15H2. The van der Waals surface area contributed by atoms with E-state index in [2.05, 4.69) is 0 Å². The van der Waals surface area contributed by atoms with Crippen molar-refractivity contribution < 1.29 is 36.9 Å². The minimum Gasteiger partial charge on any atom is -0.486 e. The number of rotatable bonds is 5. The fourth-order valence-electron chi connectivity index (χ4n) is 4.10. The Labute approximate surface area is 192 Å². The summed E-state index contributed by atoms with van der Waals surface area (Å²) in [7, 11) is -3.69. The maximum atomic E-state index is 13.1. The highest BCUT2D eigenvalue weighted by Gasteiger charge is 2.34. The fourth-order valence-corrected chi connectivity index (χ4v) is 5.59. The molecule has 33 heavy (non-hydrogen) atoms. The summed E-state index contributed by atoms with van der Waals surface area (Å²) in [6, 6.07) is 12.0. The second-order valence-corrected chi connectivity index (χ2v) is 10.0. The first-order chi connectivity index (χ1) is 16.0. The van der Waals surface area contributed by atoms with Gasteiger partial charge >= 0.3 is 5.97 Å². The molecule has 1 unspecified atom stereocenters. The first kappa shape index (κ1) is 21.8. The van der Waals surface area contributed by atoms with Crippen molar-refractivity contribution in [2.75, 3.05) is 39.5 Å². The Bertz CT molecular complexity index is 1130. The molecule has 1 fully saturated rings. The van der Waals surface area contributed by atoms with Gasteiger partial charge in [0.25, 0.3) is 0 Å². The minimum atomic E-state index is -3.69. The third-order valence-electron chi connectivity index (χ3n) is 5.92. The van der Waals surface area contributed by atoms with Gasteiger partial charge in [-0.15, -0.1) is 0 Å². The van der Waals surface area contributed by atoms with Crippen LogP contribution < -0.4 is 18.9 Å². The molecule has 0 saturated carbocycles. The molecule has 3 heterocycles. The quantitative estimate of drug-likeness (QED) is 0.607. The van der Waals surface area contributed by atoms with Crippen molar-refractivity contribution in [1.29, 1.82) is 0 Å². The van der Waals surface area contributed by atoms with Gasteiger partial charge in [0, 0.05) is 19.2 Å². The van der Waals surface area contributed by atoms with E-state index in [4.69, 9.17) is 23.7 Å². The average Bonchev–Trinajstić information content (AvgIpc) is 2.87. The van der Waals surface area contributed by atoms with Crippen LogP contribution in [0.15, 0.2) is 47.4 Å². The zero-order chi connectivity index (χ0) is 22.8. The normalized spacial score (nSPS) is 20.8. The van der Waals surface area contributed by atoms with E-state index in [0.717, 1.165) is 0 Å². The van der Waals surface area contributed by atoms with Crippen LogP contribution in [0.4, 0.5) is 0 Å². The van der Waals surface area contributed by atoms with Crippen LogP contribution in [-0.2, 0) is 19.6 Å². The Balaban J connectivity index is 1.13. The van der Waals surface area contributed by atoms with Crippen LogP contribution in [0.5, 0.6) is 23.0 Å². The Kier molecular flexibility index (Phi) is 6.03. The van der Waals surface area contributed by atoms with E-state index >= 15 is 0 Å². The fraction of sp³-hybridized carbons (Fsp3) is 0.435. The summed E-state index contributed by atoms with van der Waals surface area (Å²) in [5.41, 5.74) is 0. The molecule has 1 atom stereocenters. The van der Waals surface area contributed by atoms with Gasteiger partial charge in [-0.3, -0.25) is 4.79 Å². The van der Waals surface area contributed by atoms with Crippen LogP contribution >= 0.6 is 0 Å². The lowest BCUT2D eigenvalue weighted by Gasteiger charge is -2.31. The van der Waals surface area contributed by atoms with Crippen LogP contribution in [0, 0.1) is 5.92 Å². The number of benzene rings is 2. The summed E-state index contributed by atoms with van der Waals surface area (Å²) in [5.74, 6) is 1.58. The molecule has 2 aromatic rings. The number of sulfonamides is 1. The number of nitrogens with zero attached hydrogens (tertiary/aromatic N) is 1. The third-order valence-corrected chi connectivity index (χ3v) is 7.81. The van der Waals surface area contributed by atoms with Gasteiger partial charge in [-0.1, -0.05) is 12.1 Å². The number of carbonyl (C=O) groups is 1. The zero-order valence-electron chi connectivity index (χ0n) is 18.0. The molecule has 10 heteroatoms. The van der Waals surface area contributed by atoms with E-state index in [1.807, 2.05) is 18.2 Å². The Hall–Kier alpha value is -2.98. The van der Waals surface area contributed by atoms with Gasteiger partial charge in [-0.25, -0.2) is 8.42 Å². The molecule has 2 aromatic carbocycles. The molecule has 3 aliphatic heterocycles. The SMILES string of the molecule is O=C(OCC1COc2ccccc2O1)C1CCN(S(=O)(=O)c2ccc3c(c2)OCCO3)CC1. The molecular weight excluding hydrogens is 450 g/mol. The highest BCUT2D eigenvalue weighted by atomic mass is 32.2. The average molecular weight is 476 g/mol. The van der Waals surface area contributed by atoms with Crippen molar-refractivity contribution in [3.05, 3.63) is 42.5 Å². The molecule has 9 nitrogen and oxygen atoms in total. The van der Waals surface area contributed by atoms with Crippen molar-refractivity contribution in [2.45, 2.75) is 23.8 Å². The summed E-state index contributed by atoms with van der Waals surface area (Å²) in [4.78, 5) is 12.7. The van der Waals surface area contributed by atoms with Crippen LogP contribution in [0.1, 0.15) is 12.8 Å². The maximum absolute atomic E-state index is 13.1. The molecule has 0 amide bonds. The van der Waals surface area contributed by atoms with E-state index in [1.165, 1.54) is 16.4 Å². The first-order valence-electron chi connectivity index (χ1n) is 11.0. The maximum Gasteiger partial charge on any atom is 0.309 e. The van der Waals surface area contributed by atoms with Gasteiger partial charge in [-0.2, -0.15) is 4.31 Å². The summed E-state index contributed by atoms with van der Waals surface area (Å²) in [6.07, 6.45) is 0.417. The topological polar surface area (TPSA) is 101 Å². The first-order valence-corrected chi connectivity index (χ1v) is 12.4. The molecule has 176 valence electrons. The highest BCUT2D eigenvalue weighted by Crippen LogP contribution is 2.34. The van der Waals surface area contributed by atoms with Crippen molar-refractivity contribution in [2.24, 2.45) is 5.92 Å². The minimum absolute atomic E-state index is 0.0862. The van der Waals surface area contributed by atoms with Crippen LogP contribution in [-0.4, -0.2) is 64.3 Å². The summed E-state index contributed by atoms with van der Waals surface area (Å²) in [5, 5.41) is 0. The third kappa shape index (κ3) is 4.58. The van der Waals surface area contributed by atoms with E-state index < -0.39 is 10.0 Å². The molecule has 0 bridgehead atoms. The Morgan fingerprint density at radius 3 is 2.42 bits per heavy atom. The number of fused-ring (bicyclic) bond motifs is 2. The van der Waals surface area contributed by atoms with Gasteiger partial charge in [0.2, 0.25) is 10.0 Å². The van der Waals surface area contributed by atoms with E-state index in [9.17, 15) is 13.2 Å². The smallest absolute Gasteiger partial charge is 0.309 e. The summed E-state index contributed by atoms with van der Waals surface area (Å²) < 4.78 is 55.4. The predicted molar refractivity (Wildman–Crippen MR) is 116 cm³/mol. The molecular formula is C23H25NO8S. The van der Waals surface area contributed by atoms with Gasteiger partial charge in [0.15, 0.2) is 29.1 Å². The monoisotopic (exact) mass is 475 g/mol. The van der Waals surface area contributed by atoms with Gasteiger partial charge in [-0.05, 0) is 37.1 Å². The zero-order valence-corrected chi connectivity index (χ0v) is 18.8. The molecule has 3 aliphatic rings. The van der Waals surface area contributed by atoms with Gasteiger partial charge in [0.05, 0.1) is 10.8 Å². The molecule has 0 spiro atoms. The molecule has 0 aromatic heterocycles. The lowest BCUT2D eigenvalue weighted by atomic mass is 9.98. The number of hydrogen-bond donors (Lipinski definition) is 0. The highest BCUT2D eigenvalue weighted by molar-refractivity contribution is 7.89. The number of para-hydroxylation sites is 2. The van der Waals surface area contributed by atoms with Gasteiger partial charge < -0.3 is 23.7 Å². The second-order valence-electron chi connectivity index (χ2n) is 8.11. The van der Waals surface area contributed by atoms with Crippen LogP contribution in [0.25, 0.3) is 0 Å².